The Hall–Kier alpha value is -4.96. The van der Waals surface area contributed by atoms with Gasteiger partial charge < -0.3 is 14.4 Å². The molecule has 0 aliphatic carbocycles. The van der Waals surface area contributed by atoms with Crippen molar-refractivity contribution in [2.75, 3.05) is 0 Å². The minimum atomic E-state index is 0. The summed E-state index contributed by atoms with van der Waals surface area (Å²) in [5.41, 5.74) is 12.8. The van der Waals surface area contributed by atoms with Crippen LogP contribution in [0.4, 0.5) is 0 Å². The minimum Gasteiger partial charge on any atom is -0.500 e. The molecule has 4 aromatic heterocycles. The maximum atomic E-state index is 6.27. The quantitative estimate of drug-likeness (QED) is 0.168. The molecule has 0 bridgehead atoms. The number of aromatic nitrogens is 3. The van der Waals surface area contributed by atoms with Gasteiger partial charge in [0.25, 0.3) is 0 Å². The van der Waals surface area contributed by atoms with Crippen LogP contribution in [0.5, 0.6) is 0 Å². The molecular formula is C41H31IrN3O-2. The van der Waals surface area contributed by atoms with Gasteiger partial charge >= 0.3 is 0 Å². The van der Waals surface area contributed by atoms with E-state index in [-0.39, 0.29) is 20.1 Å². The van der Waals surface area contributed by atoms with Crippen molar-refractivity contribution in [3.8, 4) is 33.6 Å². The van der Waals surface area contributed by atoms with Gasteiger partial charge in [-0.2, -0.15) is 0 Å². The van der Waals surface area contributed by atoms with Crippen LogP contribution in [0, 0.1) is 39.8 Å². The van der Waals surface area contributed by atoms with Gasteiger partial charge in [0, 0.05) is 55.7 Å². The van der Waals surface area contributed by atoms with Crippen LogP contribution in [0.25, 0.3) is 66.4 Å². The molecular weight excluding hydrogens is 743 g/mol. The monoisotopic (exact) mass is 774 g/mol. The zero-order valence-corrected chi connectivity index (χ0v) is 28.4. The fourth-order valence-electron chi connectivity index (χ4n) is 5.58. The van der Waals surface area contributed by atoms with Crippen molar-refractivity contribution < 1.29 is 24.5 Å². The van der Waals surface area contributed by atoms with Crippen molar-refractivity contribution in [1.82, 2.24) is 15.0 Å². The standard InChI is InChI=1S/C21H13N2O.C20H18N.Ir/c1-13-5-8-19(23-11-13)17-4-2-3-15-16-7-6-14-9-10-22-12-18(14)21(16)24-20(15)17;1-14-9-10-18(20-11-15(2)16(3)13-21-20)12-19(14)17-7-5-4-6-8-17;/h2-3,5-12H,1H3;4-9,11-13H,1-3H3;/q2*-1;. The van der Waals surface area contributed by atoms with Gasteiger partial charge in [0.15, 0.2) is 0 Å². The minimum absolute atomic E-state index is 0. The summed E-state index contributed by atoms with van der Waals surface area (Å²) < 4.78 is 6.27. The molecule has 1 radical (unpaired) electrons. The Morgan fingerprint density at radius 2 is 1.43 bits per heavy atom. The van der Waals surface area contributed by atoms with Crippen LogP contribution in [0.15, 0.2) is 120 Å². The summed E-state index contributed by atoms with van der Waals surface area (Å²) in [6.07, 6.45) is 7.45. The number of benzene rings is 4. The number of furan rings is 1. The van der Waals surface area contributed by atoms with Crippen LogP contribution in [-0.2, 0) is 20.1 Å². The van der Waals surface area contributed by atoms with E-state index in [1.807, 2.05) is 55.8 Å². The molecule has 0 aliphatic rings. The zero-order valence-electron chi connectivity index (χ0n) is 26.1. The number of rotatable bonds is 3. The van der Waals surface area contributed by atoms with Gasteiger partial charge in [-0.25, -0.2) is 0 Å². The van der Waals surface area contributed by atoms with Crippen LogP contribution in [0.2, 0.25) is 0 Å². The Balaban J connectivity index is 0.000000160. The second kappa shape index (κ2) is 13.2. The van der Waals surface area contributed by atoms with Gasteiger partial charge in [0.1, 0.15) is 5.58 Å². The summed E-state index contributed by atoms with van der Waals surface area (Å²) in [7, 11) is 0. The number of pyridine rings is 3. The third kappa shape index (κ3) is 6.00. The largest absolute Gasteiger partial charge is 0.500 e. The molecule has 0 amide bonds. The molecule has 5 heteroatoms. The Kier molecular flexibility index (Phi) is 8.89. The summed E-state index contributed by atoms with van der Waals surface area (Å²) in [6.45, 7) is 8.35. The molecule has 46 heavy (non-hydrogen) atoms. The summed E-state index contributed by atoms with van der Waals surface area (Å²) in [4.78, 5) is 13.3. The van der Waals surface area contributed by atoms with E-state index in [1.165, 1.54) is 27.8 Å². The Morgan fingerprint density at radius 1 is 0.630 bits per heavy atom. The molecule has 0 saturated carbocycles. The van der Waals surface area contributed by atoms with Crippen molar-refractivity contribution in [3.63, 3.8) is 0 Å². The Morgan fingerprint density at radius 3 is 2.22 bits per heavy atom. The molecule has 227 valence electrons. The average Bonchev–Trinajstić information content (AvgIpc) is 3.47. The number of fused-ring (bicyclic) bond motifs is 5. The van der Waals surface area contributed by atoms with E-state index in [0.29, 0.717) is 0 Å². The van der Waals surface area contributed by atoms with Gasteiger partial charge in [-0.3, -0.25) is 4.98 Å². The van der Waals surface area contributed by atoms with Crippen LogP contribution >= 0.6 is 0 Å². The first-order valence-electron chi connectivity index (χ1n) is 15.0. The normalized spacial score (nSPS) is 10.9. The first-order valence-corrected chi connectivity index (χ1v) is 15.0. The maximum Gasteiger partial charge on any atom is 0.130 e. The van der Waals surface area contributed by atoms with E-state index in [9.17, 15) is 0 Å². The SMILES string of the molecule is Cc1ccc(-c2[c-]ccc3c2oc2c4cnccc4ccc32)nc1.Cc1cnc(-c2[c-]cc(C)c(-c3ccccc3)c2)cc1C.[Ir]. The smallest absolute Gasteiger partial charge is 0.130 e. The van der Waals surface area contributed by atoms with E-state index in [1.54, 1.807) is 6.20 Å². The predicted octanol–water partition coefficient (Wildman–Crippen LogP) is 10.4. The van der Waals surface area contributed by atoms with Crippen molar-refractivity contribution >= 4 is 32.7 Å². The number of nitrogens with zero attached hydrogens (tertiary/aromatic N) is 3. The third-order valence-corrected chi connectivity index (χ3v) is 8.28. The molecule has 0 atom stereocenters. The molecule has 4 aromatic carbocycles. The molecule has 0 N–H and O–H groups in total. The van der Waals surface area contributed by atoms with Crippen molar-refractivity contribution in [1.29, 1.82) is 0 Å². The first kappa shape index (κ1) is 31.0. The topological polar surface area (TPSA) is 51.8 Å². The summed E-state index contributed by atoms with van der Waals surface area (Å²) in [5.74, 6) is 0. The summed E-state index contributed by atoms with van der Waals surface area (Å²) in [6, 6.07) is 37.7. The van der Waals surface area contributed by atoms with E-state index >= 15 is 0 Å². The van der Waals surface area contributed by atoms with E-state index in [2.05, 4.69) is 109 Å². The zero-order chi connectivity index (χ0) is 30.9. The Labute approximate surface area is 282 Å². The van der Waals surface area contributed by atoms with E-state index in [0.717, 1.165) is 60.8 Å². The second-order valence-electron chi connectivity index (χ2n) is 11.4. The van der Waals surface area contributed by atoms with Gasteiger partial charge in [-0.15, -0.1) is 47.5 Å². The predicted molar refractivity (Wildman–Crippen MR) is 184 cm³/mol. The maximum absolute atomic E-state index is 6.27. The first-order chi connectivity index (χ1) is 22.0. The fraction of sp³-hybridized carbons (Fsp3) is 0.0976. The van der Waals surface area contributed by atoms with Crippen molar-refractivity contribution in [2.24, 2.45) is 0 Å². The fourth-order valence-corrected chi connectivity index (χ4v) is 5.58. The number of aryl methyl sites for hydroxylation is 4. The molecule has 0 saturated heterocycles. The van der Waals surface area contributed by atoms with Crippen molar-refractivity contribution in [3.05, 3.63) is 150 Å². The molecule has 0 spiro atoms. The van der Waals surface area contributed by atoms with Crippen LogP contribution in [0.1, 0.15) is 22.3 Å². The van der Waals surface area contributed by atoms with Crippen molar-refractivity contribution in [2.45, 2.75) is 27.7 Å². The Bertz CT molecular complexity index is 2310. The number of hydrogen-bond acceptors (Lipinski definition) is 4. The number of hydrogen-bond donors (Lipinski definition) is 0. The summed E-state index contributed by atoms with van der Waals surface area (Å²) >= 11 is 0. The molecule has 8 rings (SSSR count). The average molecular weight is 774 g/mol. The van der Waals surface area contributed by atoms with E-state index in [4.69, 9.17) is 4.42 Å². The molecule has 0 aliphatic heterocycles. The van der Waals surface area contributed by atoms with Crippen LogP contribution in [0.3, 0.4) is 0 Å². The second-order valence-corrected chi connectivity index (χ2v) is 11.4. The van der Waals surface area contributed by atoms with Crippen LogP contribution < -0.4 is 0 Å². The van der Waals surface area contributed by atoms with Gasteiger partial charge in [-0.05, 0) is 60.3 Å². The van der Waals surface area contributed by atoms with Crippen LogP contribution in [-0.4, -0.2) is 15.0 Å². The molecule has 4 nitrogen and oxygen atoms in total. The van der Waals surface area contributed by atoms with Gasteiger partial charge in [0.2, 0.25) is 0 Å². The molecule has 0 fully saturated rings. The van der Waals surface area contributed by atoms with Gasteiger partial charge in [0.05, 0.1) is 5.58 Å². The van der Waals surface area contributed by atoms with Gasteiger partial charge in [-0.1, -0.05) is 89.7 Å². The summed E-state index contributed by atoms with van der Waals surface area (Å²) in [5, 5.41) is 4.31. The van der Waals surface area contributed by atoms with E-state index < -0.39 is 0 Å². The third-order valence-electron chi connectivity index (χ3n) is 8.28. The molecule has 4 heterocycles. The molecule has 8 aromatic rings. The molecule has 0 unspecified atom stereocenters.